The number of halogens is 1. The molecule has 0 saturated carbocycles. The van der Waals surface area contributed by atoms with Crippen molar-refractivity contribution in [3.63, 3.8) is 0 Å². The summed E-state index contributed by atoms with van der Waals surface area (Å²) < 4.78 is 10.9. The Morgan fingerprint density at radius 1 is 1.47 bits per heavy atom. The summed E-state index contributed by atoms with van der Waals surface area (Å²) in [5.74, 6) is 0.923. The van der Waals surface area contributed by atoms with Crippen molar-refractivity contribution in [2.75, 3.05) is 19.8 Å². The van der Waals surface area contributed by atoms with Crippen molar-refractivity contribution in [3.05, 3.63) is 22.7 Å². The van der Waals surface area contributed by atoms with Crippen LogP contribution in [0.3, 0.4) is 0 Å². The minimum absolute atomic E-state index is 0.0896. The fraction of sp³-hybridized carbons (Fsp3) is 0.462. The number of amides is 1. The van der Waals surface area contributed by atoms with E-state index in [2.05, 4.69) is 5.32 Å². The molecule has 1 aliphatic heterocycles. The highest BCUT2D eigenvalue weighted by molar-refractivity contribution is 6.32. The van der Waals surface area contributed by atoms with E-state index in [0.717, 1.165) is 5.56 Å². The van der Waals surface area contributed by atoms with E-state index in [4.69, 9.17) is 26.2 Å². The number of aliphatic hydroxyl groups is 1. The van der Waals surface area contributed by atoms with Gasteiger partial charge in [-0.15, -0.1) is 0 Å². The molecule has 0 aromatic heterocycles. The molecular weight excluding hydrogens is 270 g/mol. The zero-order chi connectivity index (χ0) is 13.8. The molecule has 2 N–H and O–H groups in total. The molecule has 1 heterocycles. The first-order valence-electron chi connectivity index (χ1n) is 6.08. The summed E-state index contributed by atoms with van der Waals surface area (Å²) in [6.45, 7) is 2.59. The summed E-state index contributed by atoms with van der Waals surface area (Å²) in [6, 6.07) is 3.18. The van der Waals surface area contributed by atoms with Crippen LogP contribution in [0.15, 0.2) is 12.1 Å². The van der Waals surface area contributed by atoms with Gasteiger partial charge in [-0.05, 0) is 24.6 Å². The Labute approximate surface area is 116 Å². The second-order valence-electron chi connectivity index (χ2n) is 4.43. The Morgan fingerprint density at radius 2 is 2.21 bits per heavy atom. The van der Waals surface area contributed by atoms with Crippen LogP contribution in [0, 0.1) is 0 Å². The number of hydrogen-bond donors (Lipinski definition) is 2. The van der Waals surface area contributed by atoms with Crippen LogP contribution >= 0.6 is 11.6 Å². The number of carbonyl (C=O) groups excluding carboxylic acids is 1. The molecule has 5 nitrogen and oxygen atoms in total. The third-order valence-corrected chi connectivity index (χ3v) is 2.98. The average molecular weight is 286 g/mol. The van der Waals surface area contributed by atoms with Crippen LogP contribution < -0.4 is 14.8 Å². The topological polar surface area (TPSA) is 67.8 Å². The van der Waals surface area contributed by atoms with E-state index in [1.807, 2.05) is 0 Å². The fourth-order valence-corrected chi connectivity index (χ4v) is 2.11. The van der Waals surface area contributed by atoms with Gasteiger partial charge < -0.3 is 19.9 Å². The van der Waals surface area contributed by atoms with Crippen LogP contribution in [-0.2, 0) is 11.2 Å². The standard InChI is InChI=1S/C13H16ClNO4/c1-8(7-16)15-12(17)6-9-4-10(14)13-11(5-9)18-2-3-19-13/h4-5,8,16H,2-3,6-7H2,1H3,(H,15,17). The summed E-state index contributed by atoms with van der Waals surface area (Å²) >= 11 is 6.09. The lowest BCUT2D eigenvalue weighted by Crippen LogP contribution is -2.36. The quantitative estimate of drug-likeness (QED) is 0.871. The second-order valence-corrected chi connectivity index (χ2v) is 4.84. The van der Waals surface area contributed by atoms with E-state index >= 15 is 0 Å². The highest BCUT2D eigenvalue weighted by Gasteiger charge is 2.18. The van der Waals surface area contributed by atoms with Crippen LogP contribution in [-0.4, -0.2) is 36.9 Å². The Hall–Kier alpha value is -1.46. The number of fused-ring (bicyclic) bond motifs is 1. The first-order valence-corrected chi connectivity index (χ1v) is 6.46. The van der Waals surface area contributed by atoms with Gasteiger partial charge in [0, 0.05) is 6.04 Å². The van der Waals surface area contributed by atoms with Crippen LogP contribution in [0.4, 0.5) is 0 Å². The molecule has 1 amide bonds. The summed E-state index contributed by atoms with van der Waals surface area (Å²) in [4.78, 5) is 11.7. The fourth-order valence-electron chi connectivity index (χ4n) is 1.82. The van der Waals surface area contributed by atoms with Gasteiger partial charge in [0.1, 0.15) is 13.2 Å². The van der Waals surface area contributed by atoms with E-state index < -0.39 is 0 Å². The van der Waals surface area contributed by atoms with Crippen molar-refractivity contribution in [2.45, 2.75) is 19.4 Å². The molecule has 0 radical (unpaired) electrons. The third-order valence-electron chi connectivity index (χ3n) is 2.70. The zero-order valence-corrected chi connectivity index (χ0v) is 11.4. The minimum atomic E-state index is -0.264. The Kier molecular flexibility index (Phi) is 4.50. The number of nitrogens with one attached hydrogen (secondary N) is 1. The van der Waals surface area contributed by atoms with Gasteiger partial charge in [0.15, 0.2) is 11.5 Å². The molecule has 1 unspecified atom stereocenters. The van der Waals surface area contributed by atoms with Gasteiger partial charge in [-0.3, -0.25) is 4.79 Å². The van der Waals surface area contributed by atoms with Gasteiger partial charge >= 0.3 is 0 Å². The normalized spacial score (nSPS) is 14.9. The van der Waals surface area contributed by atoms with E-state index in [1.54, 1.807) is 19.1 Å². The molecule has 0 fully saturated rings. The maximum absolute atomic E-state index is 11.7. The lowest BCUT2D eigenvalue weighted by molar-refractivity contribution is -0.121. The molecule has 1 aliphatic rings. The largest absolute Gasteiger partial charge is 0.486 e. The molecule has 1 aromatic rings. The second kappa shape index (κ2) is 6.12. The van der Waals surface area contributed by atoms with E-state index in [-0.39, 0.29) is 25.0 Å². The van der Waals surface area contributed by atoms with Crippen LogP contribution in [0.1, 0.15) is 12.5 Å². The van der Waals surface area contributed by atoms with Gasteiger partial charge in [0.05, 0.1) is 18.1 Å². The smallest absolute Gasteiger partial charge is 0.224 e. The number of aliphatic hydroxyl groups excluding tert-OH is 1. The van der Waals surface area contributed by atoms with E-state index in [1.165, 1.54) is 0 Å². The molecule has 2 rings (SSSR count). The number of ether oxygens (including phenoxy) is 2. The molecule has 19 heavy (non-hydrogen) atoms. The van der Waals surface area contributed by atoms with Gasteiger partial charge in [-0.25, -0.2) is 0 Å². The van der Waals surface area contributed by atoms with E-state index in [9.17, 15) is 4.79 Å². The third kappa shape index (κ3) is 3.52. The Bertz CT molecular complexity index is 478. The highest BCUT2D eigenvalue weighted by Crippen LogP contribution is 2.38. The molecule has 0 spiro atoms. The Morgan fingerprint density at radius 3 is 2.95 bits per heavy atom. The summed E-state index contributed by atoms with van der Waals surface area (Å²) in [6.07, 6.45) is 0.181. The molecule has 104 valence electrons. The van der Waals surface area contributed by atoms with Crippen molar-refractivity contribution >= 4 is 17.5 Å². The lowest BCUT2D eigenvalue weighted by Gasteiger charge is -2.20. The number of hydrogen-bond acceptors (Lipinski definition) is 4. The molecule has 1 atom stereocenters. The minimum Gasteiger partial charge on any atom is -0.486 e. The van der Waals surface area contributed by atoms with Crippen LogP contribution in [0.5, 0.6) is 11.5 Å². The molecule has 0 aliphatic carbocycles. The predicted octanol–water partition coefficient (Wildman–Crippen LogP) is 1.15. The first-order chi connectivity index (χ1) is 9.10. The number of rotatable bonds is 4. The average Bonchev–Trinajstić information content (AvgIpc) is 2.38. The van der Waals surface area contributed by atoms with Crippen molar-refractivity contribution in [2.24, 2.45) is 0 Å². The molecular formula is C13H16ClNO4. The Balaban J connectivity index is 2.09. The van der Waals surface area contributed by atoms with Crippen molar-refractivity contribution < 1.29 is 19.4 Å². The van der Waals surface area contributed by atoms with Crippen LogP contribution in [0.2, 0.25) is 5.02 Å². The van der Waals surface area contributed by atoms with Crippen molar-refractivity contribution in [1.29, 1.82) is 0 Å². The maximum atomic E-state index is 11.7. The van der Waals surface area contributed by atoms with Gasteiger partial charge in [0.2, 0.25) is 5.91 Å². The summed E-state index contributed by atoms with van der Waals surface area (Å²) in [7, 11) is 0. The van der Waals surface area contributed by atoms with Crippen molar-refractivity contribution in [3.8, 4) is 11.5 Å². The molecule has 0 saturated heterocycles. The number of benzene rings is 1. The predicted molar refractivity (Wildman–Crippen MR) is 70.8 cm³/mol. The highest BCUT2D eigenvalue weighted by atomic mass is 35.5. The van der Waals surface area contributed by atoms with Gasteiger partial charge in [-0.1, -0.05) is 11.6 Å². The SMILES string of the molecule is CC(CO)NC(=O)Cc1cc(Cl)c2c(c1)OCCO2. The monoisotopic (exact) mass is 285 g/mol. The molecule has 1 aromatic carbocycles. The molecule has 6 heteroatoms. The summed E-state index contributed by atoms with van der Waals surface area (Å²) in [5.41, 5.74) is 0.747. The first kappa shape index (κ1) is 14.0. The summed E-state index contributed by atoms with van der Waals surface area (Å²) in [5, 5.41) is 12.0. The van der Waals surface area contributed by atoms with Gasteiger partial charge in [-0.2, -0.15) is 0 Å². The van der Waals surface area contributed by atoms with E-state index in [0.29, 0.717) is 29.7 Å². The molecule has 0 bridgehead atoms. The van der Waals surface area contributed by atoms with Crippen molar-refractivity contribution in [1.82, 2.24) is 5.32 Å². The number of carbonyl (C=O) groups is 1. The zero-order valence-electron chi connectivity index (χ0n) is 10.6. The van der Waals surface area contributed by atoms with Crippen LogP contribution in [0.25, 0.3) is 0 Å². The van der Waals surface area contributed by atoms with Gasteiger partial charge in [0.25, 0.3) is 0 Å². The maximum Gasteiger partial charge on any atom is 0.224 e. The lowest BCUT2D eigenvalue weighted by atomic mass is 10.1.